The van der Waals surface area contributed by atoms with Crippen LogP contribution in [0.2, 0.25) is 0 Å². The number of allylic oxidation sites excluding steroid dienone is 9. The van der Waals surface area contributed by atoms with Crippen LogP contribution in [-0.2, 0) is 6.42 Å². The molecule has 2 aromatic carbocycles. The minimum Gasteiger partial charge on any atom is -0.399 e. The minimum atomic E-state index is -0.242. The van der Waals surface area contributed by atoms with Gasteiger partial charge in [0, 0.05) is 28.7 Å². The quantitative estimate of drug-likeness (QED) is 0.176. The number of aromatic nitrogens is 1. The normalized spacial score (nSPS) is 15.3. The van der Waals surface area contributed by atoms with Crippen LogP contribution in [-0.4, -0.2) is 18.1 Å². The maximum Gasteiger partial charge on any atom is 0.123 e. The van der Waals surface area contributed by atoms with Crippen LogP contribution in [0.15, 0.2) is 120 Å². The Hall–Kier alpha value is -4.33. The van der Waals surface area contributed by atoms with Gasteiger partial charge < -0.3 is 16.0 Å². The molecular formula is C37H42FN3. The van der Waals surface area contributed by atoms with Gasteiger partial charge in [0.1, 0.15) is 5.82 Å². The van der Waals surface area contributed by atoms with Gasteiger partial charge in [-0.2, -0.15) is 0 Å². The van der Waals surface area contributed by atoms with Crippen LogP contribution in [0.3, 0.4) is 0 Å². The molecular weight excluding hydrogens is 505 g/mol. The summed E-state index contributed by atoms with van der Waals surface area (Å²) in [6, 6.07) is 14.9. The zero-order valence-electron chi connectivity index (χ0n) is 24.3. The molecule has 1 aliphatic heterocycles. The van der Waals surface area contributed by atoms with Crippen molar-refractivity contribution in [1.29, 1.82) is 0 Å². The Morgan fingerprint density at radius 2 is 1.78 bits per heavy atom. The second-order valence-corrected chi connectivity index (χ2v) is 10.3. The molecule has 0 saturated carbocycles. The number of fused-ring (bicyclic) bond motifs is 1. The molecule has 0 spiro atoms. The number of benzene rings is 2. The molecule has 0 atom stereocenters. The first-order valence-electron chi connectivity index (χ1n) is 14.1. The lowest BCUT2D eigenvalue weighted by Gasteiger charge is -2.23. The molecule has 0 radical (unpaired) electrons. The van der Waals surface area contributed by atoms with Gasteiger partial charge in [-0.3, -0.25) is 0 Å². The molecule has 4 N–H and O–H groups in total. The number of H-pyrrole nitrogens is 1. The SMILES string of the molecule is C#C.C=C/C(=C\C(=C/C)C(=C)/C=C(Cc1cc2c(-c3cccc(F)c3)cccc2[nH]1)\C(N)=C/C)CC1CCNCC1. The van der Waals surface area contributed by atoms with Crippen LogP contribution in [0.4, 0.5) is 4.39 Å². The minimum absolute atomic E-state index is 0.242. The first kappa shape index (κ1) is 31.2. The molecule has 4 rings (SSSR count). The van der Waals surface area contributed by atoms with E-state index in [0.29, 0.717) is 12.3 Å². The lowest BCUT2D eigenvalue weighted by Crippen LogP contribution is -2.27. The van der Waals surface area contributed by atoms with Crippen molar-refractivity contribution in [3.63, 3.8) is 0 Å². The third-order valence-electron chi connectivity index (χ3n) is 7.53. The van der Waals surface area contributed by atoms with Gasteiger partial charge in [-0.1, -0.05) is 61.7 Å². The molecule has 2 heterocycles. The molecule has 0 bridgehead atoms. The standard InChI is InChI=1S/C35H40FN3.C2H2/c1-5-25(19-26-14-16-38-17-15-26)20-27(6-2)24(4)18-29(34(37)7-3)22-31-23-33-32(12-9-13-35(33)39-31)28-10-8-11-30(36)21-28;1-2/h5-13,18,20-21,23,26,38-39H,1,4,14-17,19,22,37H2,2-3H3;1-2H/b25-20+,27-6+,29-18-,34-7+;. The van der Waals surface area contributed by atoms with Gasteiger partial charge in [-0.25, -0.2) is 4.39 Å². The number of nitrogens with one attached hydrogen (secondary N) is 2. The zero-order chi connectivity index (χ0) is 29.8. The highest BCUT2D eigenvalue weighted by molar-refractivity contribution is 5.95. The van der Waals surface area contributed by atoms with E-state index in [2.05, 4.69) is 60.6 Å². The maximum absolute atomic E-state index is 13.9. The molecule has 1 aliphatic rings. The summed E-state index contributed by atoms with van der Waals surface area (Å²) in [6.07, 6.45) is 22.4. The summed E-state index contributed by atoms with van der Waals surface area (Å²) < 4.78 is 13.9. The van der Waals surface area contributed by atoms with Crippen LogP contribution in [0, 0.1) is 24.6 Å². The van der Waals surface area contributed by atoms with Crippen LogP contribution >= 0.6 is 0 Å². The van der Waals surface area contributed by atoms with E-state index in [-0.39, 0.29) is 5.82 Å². The summed E-state index contributed by atoms with van der Waals surface area (Å²) in [4.78, 5) is 3.54. The Kier molecular flexibility index (Phi) is 11.8. The third kappa shape index (κ3) is 8.33. The number of piperidine rings is 1. The lowest BCUT2D eigenvalue weighted by atomic mass is 9.89. The summed E-state index contributed by atoms with van der Waals surface area (Å²) in [5, 5.41) is 4.50. The summed E-state index contributed by atoms with van der Waals surface area (Å²) in [5.41, 5.74) is 15.3. The van der Waals surface area contributed by atoms with Gasteiger partial charge in [0.05, 0.1) is 0 Å². The molecule has 0 amide bonds. The zero-order valence-corrected chi connectivity index (χ0v) is 24.3. The van der Waals surface area contributed by atoms with Gasteiger partial charge in [-0.15, -0.1) is 12.8 Å². The van der Waals surface area contributed by atoms with Crippen LogP contribution in [0.1, 0.15) is 38.8 Å². The van der Waals surface area contributed by atoms with Gasteiger partial charge in [-0.05, 0) is 116 Å². The van der Waals surface area contributed by atoms with Crippen molar-refractivity contribution in [1.82, 2.24) is 10.3 Å². The topological polar surface area (TPSA) is 53.8 Å². The van der Waals surface area contributed by atoms with Gasteiger partial charge in [0.2, 0.25) is 0 Å². The van der Waals surface area contributed by atoms with E-state index in [1.165, 1.54) is 24.5 Å². The lowest BCUT2D eigenvalue weighted by molar-refractivity contribution is 0.374. The number of halogens is 1. The van der Waals surface area contributed by atoms with E-state index < -0.39 is 0 Å². The summed E-state index contributed by atoms with van der Waals surface area (Å²) in [7, 11) is 0. The first-order valence-corrected chi connectivity index (χ1v) is 14.1. The monoisotopic (exact) mass is 547 g/mol. The average molecular weight is 548 g/mol. The maximum atomic E-state index is 13.9. The number of hydrogen-bond acceptors (Lipinski definition) is 2. The van der Waals surface area contributed by atoms with Crippen LogP contribution < -0.4 is 11.1 Å². The largest absolute Gasteiger partial charge is 0.399 e. The fourth-order valence-electron chi connectivity index (χ4n) is 5.32. The summed E-state index contributed by atoms with van der Waals surface area (Å²) in [5.74, 6) is 0.444. The Bertz CT molecular complexity index is 1500. The molecule has 41 heavy (non-hydrogen) atoms. The van der Waals surface area contributed by atoms with Crippen LogP contribution in [0.25, 0.3) is 22.0 Å². The Morgan fingerprint density at radius 3 is 2.44 bits per heavy atom. The van der Waals surface area contributed by atoms with Crippen molar-refractivity contribution < 1.29 is 4.39 Å². The molecule has 0 unspecified atom stereocenters. The van der Waals surface area contributed by atoms with E-state index in [0.717, 1.165) is 69.7 Å². The van der Waals surface area contributed by atoms with Crippen molar-refractivity contribution in [2.75, 3.05) is 13.1 Å². The second kappa shape index (κ2) is 15.5. The average Bonchev–Trinajstić information content (AvgIpc) is 3.42. The smallest absolute Gasteiger partial charge is 0.123 e. The molecule has 3 nitrogen and oxygen atoms in total. The molecule has 212 valence electrons. The molecule has 1 saturated heterocycles. The van der Waals surface area contributed by atoms with E-state index in [9.17, 15) is 4.39 Å². The first-order chi connectivity index (χ1) is 19.9. The molecule has 1 fully saturated rings. The number of hydrogen-bond donors (Lipinski definition) is 3. The molecule has 0 aliphatic carbocycles. The van der Waals surface area contributed by atoms with Crippen molar-refractivity contribution in [3.8, 4) is 24.0 Å². The van der Waals surface area contributed by atoms with Crippen LogP contribution in [0.5, 0.6) is 0 Å². The number of rotatable bonds is 10. The predicted molar refractivity (Wildman–Crippen MR) is 175 cm³/mol. The fraction of sp³-hybridized carbons (Fsp3) is 0.243. The van der Waals surface area contributed by atoms with E-state index in [1.54, 1.807) is 12.1 Å². The van der Waals surface area contributed by atoms with Crippen molar-refractivity contribution in [2.24, 2.45) is 11.7 Å². The number of aromatic amines is 1. The number of terminal acetylenes is 1. The second-order valence-electron chi connectivity index (χ2n) is 10.3. The van der Waals surface area contributed by atoms with Gasteiger partial charge >= 0.3 is 0 Å². The number of nitrogens with two attached hydrogens (primary N) is 1. The highest BCUT2D eigenvalue weighted by Crippen LogP contribution is 2.31. The van der Waals surface area contributed by atoms with Crippen molar-refractivity contribution in [3.05, 3.63) is 132 Å². The predicted octanol–water partition coefficient (Wildman–Crippen LogP) is 8.56. The fourth-order valence-corrected chi connectivity index (χ4v) is 5.32. The van der Waals surface area contributed by atoms with Gasteiger partial charge in [0.25, 0.3) is 0 Å². The molecule has 1 aromatic heterocycles. The Morgan fingerprint density at radius 1 is 1.05 bits per heavy atom. The third-order valence-corrected chi connectivity index (χ3v) is 7.53. The van der Waals surface area contributed by atoms with Crippen molar-refractivity contribution in [2.45, 2.75) is 39.5 Å². The van der Waals surface area contributed by atoms with E-state index in [4.69, 9.17) is 5.73 Å². The summed E-state index contributed by atoms with van der Waals surface area (Å²) in [6.45, 7) is 14.6. The highest BCUT2D eigenvalue weighted by atomic mass is 19.1. The van der Waals surface area contributed by atoms with Crippen molar-refractivity contribution >= 4 is 10.9 Å². The Balaban J connectivity index is 0.00000226. The Labute approximate surface area is 245 Å². The van der Waals surface area contributed by atoms with Gasteiger partial charge in [0.15, 0.2) is 0 Å². The molecule has 4 heteroatoms. The molecule has 3 aromatic rings. The highest BCUT2D eigenvalue weighted by Gasteiger charge is 2.15. The van der Waals surface area contributed by atoms with E-state index in [1.807, 2.05) is 50.3 Å². The summed E-state index contributed by atoms with van der Waals surface area (Å²) >= 11 is 0. The van der Waals surface area contributed by atoms with E-state index >= 15 is 0 Å².